The van der Waals surface area contributed by atoms with Crippen molar-refractivity contribution in [2.24, 2.45) is 0 Å². The van der Waals surface area contributed by atoms with Gasteiger partial charge in [-0.25, -0.2) is 0 Å². The predicted molar refractivity (Wildman–Crippen MR) is 74.9 cm³/mol. The highest BCUT2D eigenvalue weighted by Crippen LogP contribution is 2.20. The molecule has 1 heterocycles. The molecule has 18 heavy (non-hydrogen) atoms. The van der Waals surface area contributed by atoms with Gasteiger partial charge in [0.2, 0.25) is 0 Å². The van der Waals surface area contributed by atoms with Gasteiger partial charge < -0.3 is 10.1 Å². The molecule has 0 amide bonds. The zero-order valence-electron chi connectivity index (χ0n) is 10.6. The number of hydrogen-bond donors (Lipinski definition) is 1. The Morgan fingerprint density at radius 2 is 2.22 bits per heavy atom. The Labute approximate surface area is 112 Å². The number of rotatable bonds is 5. The average molecular weight is 265 g/mol. The van der Waals surface area contributed by atoms with Crippen molar-refractivity contribution in [3.8, 4) is 5.75 Å². The predicted octanol–water partition coefficient (Wildman–Crippen LogP) is 2.60. The second kappa shape index (κ2) is 6.81. The van der Waals surface area contributed by atoms with Crippen molar-refractivity contribution in [3.63, 3.8) is 0 Å². The quantitative estimate of drug-likeness (QED) is 0.656. The van der Waals surface area contributed by atoms with Crippen LogP contribution in [0.2, 0.25) is 0 Å². The summed E-state index contributed by atoms with van der Waals surface area (Å²) < 4.78 is 5.22. The molecule has 1 aromatic rings. The highest BCUT2D eigenvalue weighted by atomic mass is 32.2. The maximum absolute atomic E-state index is 11.3. The lowest BCUT2D eigenvalue weighted by atomic mass is 10.1. The second-order valence-electron chi connectivity index (χ2n) is 4.39. The Kier molecular flexibility index (Phi) is 5.08. The third-order valence-electron chi connectivity index (χ3n) is 2.82. The maximum Gasteiger partial charge on any atom is 0.311 e. The van der Waals surface area contributed by atoms with E-state index in [9.17, 15) is 4.79 Å². The molecule has 1 aromatic carbocycles. The van der Waals surface area contributed by atoms with Gasteiger partial charge in [0.25, 0.3) is 0 Å². The Morgan fingerprint density at radius 1 is 1.44 bits per heavy atom. The summed E-state index contributed by atoms with van der Waals surface area (Å²) in [5, 5.41) is 3.97. The first-order valence-corrected chi connectivity index (χ1v) is 7.47. The molecule has 3 nitrogen and oxygen atoms in total. The molecular formula is C14H19NO2S. The van der Waals surface area contributed by atoms with Crippen molar-refractivity contribution in [2.75, 3.05) is 12.3 Å². The number of thioether (sulfide) groups is 1. The molecule has 1 unspecified atom stereocenters. The van der Waals surface area contributed by atoms with Gasteiger partial charge in [-0.05, 0) is 30.5 Å². The number of carbonyl (C=O) groups excluding carboxylic acids is 1. The molecule has 4 heteroatoms. The van der Waals surface area contributed by atoms with Crippen molar-refractivity contribution in [1.29, 1.82) is 0 Å². The summed E-state index contributed by atoms with van der Waals surface area (Å²) in [6, 6.07) is 7.83. The fourth-order valence-corrected chi connectivity index (χ4v) is 2.97. The molecule has 2 rings (SSSR count). The summed E-state index contributed by atoms with van der Waals surface area (Å²) in [5.41, 5.74) is 1.28. The molecule has 1 saturated heterocycles. The molecule has 98 valence electrons. The van der Waals surface area contributed by atoms with Gasteiger partial charge in [-0.1, -0.05) is 19.1 Å². The van der Waals surface area contributed by atoms with E-state index in [0.29, 0.717) is 17.5 Å². The van der Waals surface area contributed by atoms with E-state index >= 15 is 0 Å². The normalized spacial score (nSPS) is 18.8. The molecule has 0 spiro atoms. The average Bonchev–Trinajstić information content (AvgIpc) is 2.85. The first-order valence-electron chi connectivity index (χ1n) is 6.42. The van der Waals surface area contributed by atoms with Crippen LogP contribution in [-0.2, 0) is 11.2 Å². The van der Waals surface area contributed by atoms with E-state index < -0.39 is 0 Å². The van der Waals surface area contributed by atoms with Crippen LogP contribution in [0.25, 0.3) is 0 Å². The van der Waals surface area contributed by atoms with Gasteiger partial charge in [0.1, 0.15) is 5.75 Å². The summed E-state index contributed by atoms with van der Waals surface area (Å²) in [6.45, 7) is 3.07. The Balaban J connectivity index is 1.86. The smallest absolute Gasteiger partial charge is 0.311 e. The number of nitrogens with one attached hydrogen (secondary N) is 1. The summed E-state index contributed by atoms with van der Waals surface area (Å²) in [4.78, 5) is 11.3. The third kappa shape index (κ3) is 4.03. The topological polar surface area (TPSA) is 38.3 Å². The van der Waals surface area contributed by atoms with Crippen LogP contribution in [0.5, 0.6) is 5.75 Å². The summed E-state index contributed by atoms with van der Waals surface area (Å²) in [6.07, 6.45) is 2.32. The first kappa shape index (κ1) is 13.4. The minimum atomic E-state index is -0.154. The first-order chi connectivity index (χ1) is 8.78. The lowest BCUT2D eigenvalue weighted by Gasteiger charge is -2.10. The number of hydrogen-bond acceptors (Lipinski definition) is 4. The van der Waals surface area contributed by atoms with Crippen molar-refractivity contribution >= 4 is 17.7 Å². The molecule has 1 atom stereocenters. The van der Waals surface area contributed by atoms with Gasteiger partial charge in [-0.3, -0.25) is 4.79 Å². The van der Waals surface area contributed by atoms with E-state index in [2.05, 4.69) is 5.32 Å². The Bertz CT molecular complexity index is 385. The lowest BCUT2D eigenvalue weighted by Crippen LogP contribution is -2.21. The summed E-state index contributed by atoms with van der Waals surface area (Å²) in [7, 11) is 0. The van der Waals surface area contributed by atoms with Crippen LogP contribution in [0.1, 0.15) is 25.3 Å². The molecule has 0 aromatic heterocycles. The minimum absolute atomic E-state index is 0.154. The fourth-order valence-electron chi connectivity index (χ4n) is 1.91. The SMILES string of the molecule is CCCC(=O)Oc1ccc(CC2NCCS2)cc1. The molecule has 0 aliphatic carbocycles. The van der Waals surface area contributed by atoms with Crippen molar-refractivity contribution in [3.05, 3.63) is 29.8 Å². The monoisotopic (exact) mass is 265 g/mol. The van der Waals surface area contributed by atoms with Crippen LogP contribution in [0.4, 0.5) is 0 Å². The van der Waals surface area contributed by atoms with Crippen LogP contribution >= 0.6 is 11.8 Å². The zero-order chi connectivity index (χ0) is 12.8. The standard InChI is InChI=1S/C14H19NO2S/c1-2-3-14(16)17-12-6-4-11(5-7-12)10-13-15-8-9-18-13/h4-7,13,15H,2-3,8-10H2,1H3. The van der Waals surface area contributed by atoms with E-state index in [0.717, 1.165) is 19.4 Å². The van der Waals surface area contributed by atoms with Gasteiger partial charge in [-0.15, -0.1) is 11.8 Å². The molecule has 1 fully saturated rings. The number of ether oxygens (including phenoxy) is 1. The van der Waals surface area contributed by atoms with E-state index in [1.165, 1.54) is 11.3 Å². The molecule has 0 saturated carbocycles. The number of esters is 1. The number of benzene rings is 1. The second-order valence-corrected chi connectivity index (χ2v) is 5.70. The van der Waals surface area contributed by atoms with Gasteiger partial charge in [0.05, 0.1) is 5.37 Å². The summed E-state index contributed by atoms with van der Waals surface area (Å²) >= 11 is 1.96. The molecule has 1 aliphatic rings. The van der Waals surface area contributed by atoms with Gasteiger partial charge >= 0.3 is 5.97 Å². The Morgan fingerprint density at radius 3 is 2.83 bits per heavy atom. The molecule has 1 aliphatic heterocycles. The van der Waals surface area contributed by atoms with Gasteiger partial charge in [0, 0.05) is 18.7 Å². The van der Waals surface area contributed by atoms with E-state index in [1.807, 2.05) is 43.0 Å². The van der Waals surface area contributed by atoms with Crippen LogP contribution in [0.3, 0.4) is 0 Å². The van der Waals surface area contributed by atoms with Gasteiger partial charge in [-0.2, -0.15) is 0 Å². The third-order valence-corrected chi connectivity index (χ3v) is 4.00. The van der Waals surface area contributed by atoms with Crippen LogP contribution < -0.4 is 10.1 Å². The number of carbonyl (C=O) groups is 1. The highest BCUT2D eigenvalue weighted by molar-refractivity contribution is 8.00. The highest BCUT2D eigenvalue weighted by Gasteiger charge is 2.14. The Hall–Kier alpha value is -1.00. The summed E-state index contributed by atoms with van der Waals surface area (Å²) in [5.74, 6) is 1.68. The largest absolute Gasteiger partial charge is 0.427 e. The zero-order valence-corrected chi connectivity index (χ0v) is 11.5. The lowest BCUT2D eigenvalue weighted by molar-refractivity contribution is -0.134. The molecular weight excluding hydrogens is 246 g/mol. The molecule has 0 bridgehead atoms. The van der Waals surface area contributed by atoms with Crippen molar-refractivity contribution < 1.29 is 9.53 Å². The van der Waals surface area contributed by atoms with Crippen LogP contribution in [0.15, 0.2) is 24.3 Å². The minimum Gasteiger partial charge on any atom is -0.427 e. The fraction of sp³-hybridized carbons (Fsp3) is 0.500. The van der Waals surface area contributed by atoms with Crippen molar-refractivity contribution in [1.82, 2.24) is 5.32 Å². The van der Waals surface area contributed by atoms with Gasteiger partial charge in [0.15, 0.2) is 0 Å². The van der Waals surface area contributed by atoms with E-state index in [1.54, 1.807) is 0 Å². The van der Waals surface area contributed by atoms with Crippen LogP contribution in [0, 0.1) is 0 Å². The molecule has 0 radical (unpaired) electrons. The van der Waals surface area contributed by atoms with E-state index in [4.69, 9.17) is 4.74 Å². The van der Waals surface area contributed by atoms with E-state index in [-0.39, 0.29) is 5.97 Å². The maximum atomic E-state index is 11.3. The van der Waals surface area contributed by atoms with Crippen molar-refractivity contribution in [2.45, 2.75) is 31.6 Å². The molecule has 1 N–H and O–H groups in total. The van der Waals surface area contributed by atoms with Crippen LogP contribution in [-0.4, -0.2) is 23.6 Å².